The van der Waals surface area contributed by atoms with Gasteiger partial charge in [0.25, 0.3) is 0 Å². The van der Waals surface area contributed by atoms with Crippen LogP contribution in [0.25, 0.3) is 0 Å². The Morgan fingerprint density at radius 1 is 1.28 bits per heavy atom. The molecule has 0 rings (SSSR count). The molecule has 0 radical (unpaired) electrons. The number of nitrogens with one attached hydrogen (secondary N) is 2. The summed E-state index contributed by atoms with van der Waals surface area (Å²) in [6, 6.07) is 0. The van der Waals surface area contributed by atoms with E-state index in [-0.39, 0.29) is 24.2 Å². The lowest BCUT2D eigenvalue weighted by molar-refractivity contribution is -0.143. The molecule has 106 valence electrons. The first-order valence-electron chi connectivity index (χ1n) is 6.48. The Morgan fingerprint density at radius 2 is 1.83 bits per heavy atom. The zero-order chi connectivity index (χ0) is 14.2. The number of hydrogen-bond acceptors (Lipinski definition) is 4. The second-order valence-electron chi connectivity index (χ2n) is 4.69. The minimum Gasteiger partial charge on any atom is -0.469 e. The van der Waals surface area contributed by atoms with Crippen LogP contribution in [0.2, 0.25) is 0 Å². The highest BCUT2D eigenvalue weighted by Crippen LogP contribution is 2.21. The lowest BCUT2D eigenvalue weighted by atomic mass is 9.88. The first-order chi connectivity index (χ1) is 8.44. The van der Waals surface area contributed by atoms with Crippen LogP contribution in [0.3, 0.4) is 0 Å². The van der Waals surface area contributed by atoms with Crippen LogP contribution in [-0.4, -0.2) is 38.1 Å². The summed E-state index contributed by atoms with van der Waals surface area (Å²) >= 11 is 0. The Hall–Kier alpha value is -1.10. The third-order valence-corrected chi connectivity index (χ3v) is 3.41. The number of methoxy groups -OCH3 is 1. The largest absolute Gasteiger partial charge is 0.469 e. The van der Waals surface area contributed by atoms with E-state index in [2.05, 4.69) is 10.6 Å². The molecule has 0 saturated carbocycles. The van der Waals surface area contributed by atoms with Crippen LogP contribution in [0.5, 0.6) is 0 Å². The summed E-state index contributed by atoms with van der Waals surface area (Å²) < 4.78 is 4.70. The van der Waals surface area contributed by atoms with Crippen molar-refractivity contribution in [1.29, 1.82) is 0 Å². The van der Waals surface area contributed by atoms with Crippen LogP contribution >= 0.6 is 0 Å². The summed E-state index contributed by atoms with van der Waals surface area (Å²) in [5, 5.41) is 5.97. The molecule has 5 heteroatoms. The number of hydrogen-bond donors (Lipinski definition) is 2. The summed E-state index contributed by atoms with van der Waals surface area (Å²) in [5.41, 5.74) is -0.494. The second-order valence-corrected chi connectivity index (χ2v) is 4.69. The van der Waals surface area contributed by atoms with Crippen molar-refractivity contribution in [3.63, 3.8) is 0 Å². The molecule has 0 aromatic heterocycles. The molecule has 2 N–H and O–H groups in total. The monoisotopic (exact) mass is 258 g/mol. The molecule has 0 aromatic carbocycles. The highest BCUT2D eigenvalue weighted by atomic mass is 16.5. The first kappa shape index (κ1) is 16.9. The van der Waals surface area contributed by atoms with Crippen molar-refractivity contribution in [1.82, 2.24) is 10.6 Å². The van der Waals surface area contributed by atoms with Crippen LogP contribution in [0.15, 0.2) is 0 Å². The van der Waals surface area contributed by atoms with E-state index in [0.717, 1.165) is 0 Å². The van der Waals surface area contributed by atoms with Crippen molar-refractivity contribution in [3.8, 4) is 0 Å². The lowest BCUT2D eigenvalue weighted by Gasteiger charge is -2.33. The van der Waals surface area contributed by atoms with Crippen molar-refractivity contribution in [3.05, 3.63) is 0 Å². The molecule has 0 saturated heterocycles. The molecule has 18 heavy (non-hydrogen) atoms. The number of ether oxygens (including phenoxy) is 1. The van der Waals surface area contributed by atoms with Gasteiger partial charge >= 0.3 is 5.97 Å². The fourth-order valence-corrected chi connectivity index (χ4v) is 1.85. The van der Waals surface area contributed by atoms with Crippen molar-refractivity contribution >= 4 is 11.9 Å². The van der Waals surface area contributed by atoms with Gasteiger partial charge in [-0.05, 0) is 19.9 Å². The Balaban J connectivity index is 4.69. The van der Waals surface area contributed by atoms with Gasteiger partial charge in [0, 0.05) is 18.0 Å². The van der Waals surface area contributed by atoms with E-state index in [1.165, 1.54) is 7.11 Å². The Labute approximate surface area is 110 Å². The zero-order valence-electron chi connectivity index (χ0n) is 12.1. The lowest BCUT2D eigenvalue weighted by Crippen LogP contribution is -2.51. The van der Waals surface area contributed by atoms with Crippen molar-refractivity contribution in [2.45, 2.75) is 45.6 Å². The first-order valence-corrected chi connectivity index (χ1v) is 6.48. The van der Waals surface area contributed by atoms with Gasteiger partial charge in [0.1, 0.15) is 0 Å². The van der Waals surface area contributed by atoms with Crippen molar-refractivity contribution < 1.29 is 14.3 Å². The summed E-state index contributed by atoms with van der Waals surface area (Å²) in [7, 11) is 3.18. The van der Waals surface area contributed by atoms with Gasteiger partial charge in [-0.25, -0.2) is 0 Å². The van der Waals surface area contributed by atoms with Gasteiger partial charge in [0.05, 0.1) is 13.5 Å². The van der Waals surface area contributed by atoms with Gasteiger partial charge in [-0.3, -0.25) is 9.59 Å². The molecule has 0 aliphatic carbocycles. The highest BCUT2D eigenvalue weighted by Gasteiger charge is 2.32. The Bertz CT molecular complexity index is 275. The quantitative estimate of drug-likeness (QED) is 0.639. The minimum absolute atomic E-state index is 0.0306. The standard InChI is InChI=1S/C13H26N2O3/c1-6-13(7-2,8-11(16)18-5)15-12(17)10(3)9-14-4/h10,14H,6-9H2,1-5H3,(H,15,17). The number of carbonyl (C=O) groups is 2. The molecule has 0 spiro atoms. The number of carbonyl (C=O) groups excluding carboxylic acids is 2. The van der Waals surface area contributed by atoms with Gasteiger partial charge < -0.3 is 15.4 Å². The van der Waals surface area contributed by atoms with Crippen LogP contribution in [-0.2, 0) is 14.3 Å². The maximum atomic E-state index is 12.0. The van der Waals surface area contributed by atoms with Gasteiger partial charge in [-0.15, -0.1) is 0 Å². The summed E-state index contributed by atoms with van der Waals surface area (Å²) in [6.07, 6.45) is 1.63. The van der Waals surface area contributed by atoms with Crippen LogP contribution in [0, 0.1) is 5.92 Å². The molecule has 1 amide bonds. The molecule has 0 aliphatic rings. The molecule has 5 nitrogen and oxygen atoms in total. The van der Waals surface area contributed by atoms with E-state index >= 15 is 0 Å². The predicted molar refractivity (Wildman–Crippen MR) is 71.2 cm³/mol. The summed E-state index contributed by atoms with van der Waals surface area (Å²) in [6.45, 7) is 6.42. The van der Waals surface area contributed by atoms with Gasteiger partial charge in [-0.2, -0.15) is 0 Å². The van der Waals surface area contributed by atoms with Crippen molar-refractivity contribution in [2.75, 3.05) is 20.7 Å². The molecule has 0 aliphatic heterocycles. The summed E-state index contributed by atoms with van der Waals surface area (Å²) in [4.78, 5) is 23.5. The molecule has 1 unspecified atom stereocenters. The number of amides is 1. The molecular weight excluding hydrogens is 232 g/mol. The van der Waals surface area contributed by atoms with Crippen LogP contribution < -0.4 is 10.6 Å². The summed E-state index contributed by atoms with van der Waals surface area (Å²) in [5.74, 6) is -0.442. The second kappa shape index (κ2) is 8.08. The van der Waals surface area contributed by atoms with Crippen molar-refractivity contribution in [2.24, 2.45) is 5.92 Å². The normalized spacial score (nSPS) is 12.9. The van der Waals surface area contributed by atoms with Gasteiger partial charge in [0.2, 0.25) is 5.91 Å². The minimum atomic E-state index is -0.494. The highest BCUT2D eigenvalue weighted by molar-refractivity contribution is 5.80. The Kier molecular flexibility index (Phi) is 7.59. The molecule has 0 aromatic rings. The maximum Gasteiger partial charge on any atom is 0.307 e. The topological polar surface area (TPSA) is 67.4 Å². The van der Waals surface area contributed by atoms with E-state index in [4.69, 9.17) is 4.74 Å². The van der Waals surface area contributed by atoms with Gasteiger partial charge in [-0.1, -0.05) is 20.8 Å². The number of rotatable bonds is 8. The average molecular weight is 258 g/mol. The van der Waals surface area contributed by atoms with E-state index in [1.54, 1.807) is 0 Å². The van der Waals surface area contributed by atoms with E-state index in [9.17, 15) is 9.59 Å². The average Bonchev–Trinajstić information content (AvgIpc) is 2.37. The molecule has 0 fully saturated rings. The third-order valence-electron chi connectivity index (χ3n) is 3.41. The predicted octanol–water partition coefficient (Wildman–Crippen LogP) is 1.08. The fourth-order valence-electron chi connectivity index (χ4n) is 1.85. The van der Waals surface area contributed by atoms with Crippen LogP contribution in [0.1, 0.15) is 40.0 Å². The van der Waals surface area contributed by atoms with Crippen LogP contribution in [0.4, 0.5) is 0 Å². The zero-order valence-corrected chi connectivity index (χ0v) is 12.1. The van der Waals surface area contributed by atoms with E-state index < -0.39 is 5.54 Å². The fraction of sp³-hybridized carbons (Fsp3) is 0.846. The molecule has 0 bridgehead atoms. The molecule has 0 heterocycles. The third kappa shape index (κ3) is 5.04. The Morgan fingerprint density at radius 3 is 2.22 bits per heavy atom. The van der Waals surface area contributed by atoms with E-state index in [0.29, 0.717) is 19.4 Å². The molecular formula is C13H26N2O3. The van der Waals surface area contributed by atoms with Gasteiger partial charge in [0.15, 0.2) is 0 Å². The van der Waals surface area contributed by atoms with E-state index in [1.807, 2.05) is 27.8 Å². The number of esters is 1. The molecule has 1 atom stereocenters. The SMILES string of the molecule is CCC(CC)(CC(=O)OC)NC(=O)C(C)CNC. The maximum absolute atomic E-state index is 12.0. The smallest absolute Gasteiger partial charge is 0.307 e.